The molecule has 4 rings (SSSR count). The van der Waals surface area contributed by atoms with Gasteiger partial charge in [0.15, 0.2) is 4.96 Å². The van der Waals surface area contributed by atoms with Crippen molar-refractivity contribution in [3.8, 4) is 0 Å². The van der Waals surface area contributed by atoms with E-state index in [1.54, 1.807) is 16.2 Å². The summed E-state index contributed by atoms with van der Waals surface area (Å²) in [7, 11) is 1.84. The second-order valence-corrected chi connectivity index (χ2v) is 6.98. The molecule has 0 radical (unpaired) electrons. The minimum absolute atomic E-state index is 0.0538. The molecule has 0 unspecified atom stereocenters. The molecular formula is C19H19N3O2S. The number of amides is 1. The maximum Gasteiger partial charge on any atom is 0.228 e. The van der Waals surface area contributed by atoms with Gasteiger partial charge in [-0.25, -0.2) is 4.98 Å². The molecule has 4 aromatic rings. The van der Waals surface area contributed by atoms with Gasteiger partial charge >= 0.3 is 0 Å². The van der Waals surface area contributed by atoms with E-state index in [1.165, 1.54) is 0 Å². The summed E-state index contributed by atoms with van der Waals surface area (Å²) in [6.07, 6.45) is 4.99. The molecule has 0 bridgehead atoms. The van der Waals surface area contributed by atoms with Crippen molar-refractivity contribution < 1.29 is 9.21 Å². The van der Waals surface area contributed by atoms with Gasteiger partial charge in [-0.15, -0.1) is 11.3 Å². The molecular weight excluding hydrogens is 334 g/mol. The van der Waals surface area contributed by atoms with Crippen LogP contribution in [0.3, 0.4) is 0 Å². The molecule has 0 spiro atoms. The zero-order valence-electron chi connectivity index (χ0n) is 14.2. The lowest BCUT2D eigenvalue weighted by Crippen LogP contribution is -2.28. The van der Waals surface area contributed by atoms with Crippen molar-refractivity contribution in [3.05, 3.63) is 59.1 Å². The Morgan fingerprint density at radius 2 is 2.20 bits per heavy atom. The highest BCUT2D eigenvalue weighted by Gasteiger charge is 2.18. The van der Waals surface area contributed by atoms with Crippen LogP contribution in [0.5, 0.6) is 0 Å². The number of hydrogen-bond donors (Lipinski definition) is 0. The summed E-state index contributed by atoms with van der Waals surface area (Å²) >= 11 is 1.57. The standard InChI is InChI=1S/C19H19N3O2S/c1-3-16-15(14-6-4-5-7-17(14)24-16)12-21(2)18(23)10-13-11-22-8-9-25-19(22)20-13/h4-9,11H,3,10,12H2,1-2H3. The molecule has 0 saturated heterocycles. The third kappa shape index (κ3) is 2.93. The summed E-state index contributed by atoms with van der Waals surface area (Å²) in [6.45, 7) is 2.61. The molecule has 0 aliphatic heterocycles. The highest BCUT2D eigenvalue weighted by atomic mass is 32.1. The van der Waals surface area contributed by atoms with Crippen LogP contribution in [0.4, 0.5) is 0 Å². The van der Waals surface area contributed by atoms with Gasteiger partial charge in [-0.3, -0.25) is 9.20 Å². The van der Waals surface area contributed by atoms with Crippen LogP contribution in [0, 0.1) is 0 Å². The number of rotatable bonds is 5. The number of imidazole rings is 1. The van der Waals surface area contributed by atoms with E-state index in [-0.39, 0.29) is 5.91 Å². The molecule has 0 aliphatic carbocycles. The minimum Gasteiger partial charge on any atom is -0.461 e. The lowest BCUT2D eigenvalue weighted by atomic mass is 10.1. The Morgan fingerprint density at radius 3 is 3.00 bits per heavy atom. The van der Waals surface area contributed by atoms with Crippen LogP contribution in [0.15, 0.2) is 46.5 Å². The molecule has 3 aromatic heterocycles. The largest absolute Gasteiger partial charge is 0.461 e. The van der Waals surface area contributed by atoms with Crippen LogP contribution < -0.4 is 0 Å². The van der Waals surface area contributed by atoms with E-state index in [4.69, 9.17) is 4.42 Å². The monoisotopic (exact) mass is 353 g/mol. The summed E-state index contributed by atoms with van der Waals surface area (Å²) in [4.78, 5) is 19.8. The van der Waals surface area contributed by atoms with Crippen LogP contribution in [-0.4, -0.2) is 27.2 Å². The molecule has 0 aliphatic rings. The number of aryl methyl sites for hydroxylation is 1. The van der Waals surface area contributed by atoms with E-state index in [9.17, 15) is 4.79 Å². The third-order valence-electron chi connectivity index (χ3n) is 4.40. The van der Waals surface area contributed by atoms with Gasteiger partial charge in [-0.2, -0.15) is 0 Å². The van der Waals surface area contributed by atoms with E-state index in [2.05, 4.69) is 18.0 Å². The van der Waals surface area contributed by atoms with Crippen molar-refractivity contribution in [3.63, 3.8) is 0 Å². The Balaban J connectivity index is 1.54. The summed E-state index contributed by atoms with van der Waals surface area (Å²) in [5.74, 6) is 1.00. The molecule has 1 amide bonds. The highest BCUT2D eigenvalue weighted by Crippen LogP contribution is 2.27. The topological polar surface area (TPSA) is 50.8 Å². The van der Waals surface area contributed by atoms with Crippen molar-refractivity contribution in [1.82, 2.24) is 14.3 Å². The fourth-order valence-electron chi connectivity index (χ4n) is 3.08. The Labute approximate surface area is 149 Å². The van der Waals surface area contributed by atoms with Crippen molar-refractivity contribution in [2.45, 2.75) is 26.3 Å². The van der Waals surface area contributed by atoms with Gasteiger partial charge in [0.25, 0.3) is 0 Å². The first-order valence-corrected chi connectivity index (χ1v) is 9.18. The normalized spacial score (nSPS) is 11.4. The molecule has 0 fully saturated rings. The molecule has 128 valence electrons. The molecule has 3 heterocycles. The fraction of sp³-hybridized carbons (Fsp3) is 0.263. The zero-order chi connectivity index (χ0) is 17.4. The number of hydrogen-bond acceptors (Lipinski definition) is 4. The van der Waals surface area contributed by atoms with E-state index in [0.29, 0.717) is 13.0 Å². The first-order chi connectivity index (χ1) is 12.2. The predicted molar refractivity (Wildman–Crippen MR) is 98.8 cm³/mol. The van der Waals surface area contributed by atoms with Crippen molar-refractivity contribution >= 4 is 33.2 Å². The number of likely N-dealkylation sites (N-methyl/N-ethyl adjacent to an activating group) is 1. The van der Waals surface area contributed by atoms with Crippen LogP contribution in [0.1, 0.15) is 23.9 Å². The summed E-state index contributed by atoms with van der Waals surface area (Å²) in [6, 6.07) is 7.99. The number of para-hydroxylation sites is 1. The van der Waals surface area contributed by atoms with E-state index >= 15 is 0 Å². The molecule has 0 saturated carbocycles. The number of fused-ring (bicyclic) bond motifs is 2. The highest BCUT2D eigenvalue weighted by molar-refractivity contribution is 7.15. The number of carbonyl (C=O) groups is 1. The smallest absolute Gasteiger partial charge is 0.228 e. The van der Waals surface area contributed by atoms with Gasteiger partial charge in [-0.1, -0.05) is 25.1 Å². The van der Waals surface area contributed by atoms with Gasteiger partial charge in [0.1, 0.15) is 11.3 Å². The SMILES string of the molecule is CCc1oc2ccccc2c1CN(C)C(=O)Cc1cn2ccsc2n1. The maximum absolute atomic E-state index is 12.6. The van der Waals surface area contributed by atoms with E-state index in [1.807, 2.05) is 47.4 Å². The quantitative estimate of drug-likeness (QED) is 0.547. The van der Waals surface area contributed by atoms with Crippen molar-refractivity contribution in [2.75, 3.05) is 7.05 Å². The lowest BCUT2D eigenvalue weighted by molar-refractivity contribution is -0.129. The molecule has 6 heteroatoms. The van der Waals surface area contributed by atoms with Gasteiger partial charge < -0.3 is 9.32 Å². The zero-order valence-corrected chi connectivity index (χ0v) is 15.0. The Morgan fingerprint density at radius 1 is 1.36 bits per heavy atom. The fourth-order valence-corrected chi connectivity index (χ4v) is 3.80. The maximum atomic E-state index is 12.6. The average molecular weight is 353 g/mol. The van der Waals surface area contributed by atoms with Crippen LogP contribution in [0.2, 0.25) is 0 Å². The van der Waals surface area contributed by atoms with Crippen LogP contribution in [-0.2, 0) is 24.2 Å². The molecule has 0 N–H and O–H groups in total. The number of carbonyl (C=O) groups excluding carboxylic acids is 1. The number of aromatic nitrogens is 2. The van der Waals surface area contributed by atoms with Gasteiger partial charge in [0.05, 0.1) is 12.1 Å². The van der Waals surface area contributed by atoms with E-state index < -0.39 is 0 Å². The molecule has 1 aromatic carbocycles. The first kappa shape index (κ1) is 15.9. The second-order valence-electron chi connectivity index (χ2n) is 6.11. The van der Waals surface area contributed by atoms with Crippen LogP contribution in [0.25, 0.3) is 15.9 Å². The average Bonchev–Trinajstić information content (AvgIpc) is 3.28. The lowest BCUT2D eigenvalue weighted by Gasteiger charge is -2.17. The minimum atomic E-state index is 0.0538. The van der Waals surface area contributed by atoms with Gasteiger partial charge in [-0.05, 0) is 6.07 Å². The predicted octanol–water partition coefficient (Wildman–Crippen LogP) is 3.91. The Bertz CT molecular complexity index is 1010. The number of thiazole rings is 1. The second kappa shape index (κ2) is 6.37. The Kier molecular flexibility index (Phi) is 4.05. The summed E-state index contributed by atoms with van der Waals surface area (Å²) in [5, 5.41) is 3.07. The van der Waals surface area contributed by atoms with Crippen molar-refractivity contribution in [1.29, 1.82) is 0 Å². The van der Waals surface area contributed by atoms with Crippen molar-refractivity contribution in [2.24, 2.45) is 0 Å². The molecule has 5 nitrogen and oxygen atoms in total. The summed E-state index contributed by atoms with van der Waals surface area (Å²) in [5.41, 5.74) is 2.78. The van der Waals surface area contributed by atoms with E-state index in [0.717, 1.165) is 39.4 Å². The summed E-state index contributed by atoms with van der Waals surface area (Å²) < 4.78 is 7.87. The molecule has 25 heavy (non-hydrogen) atoms. The number of benzene rings is 1. The van der Waals surface area contributed by atoms with Gasteiger partial charge in [0.2, 0.25) is 5.91 Å². The Hall–Kier alpha value is -2.60. The van der Waals surface area contributed by atoms with Gasteiger partial charge in [0, 0.05) is 48.7 Å². The molecule has 0 atom stereocenters. The van der Waals surface area contributed by atoms with Crippen LogP contribution >= 0.6 is 11.3 Å². The number of furan rings is 1. The number of nitrogens with zero attached hydrogens (tertiary/aromatic N) is 3. The first-order valence-electron chi connectivity index (χ1n) is 8.30. The third-order valence-corrected chi connectivity index (χ3v) is 5.17.